The second kappa shape index (κ2) is 6.43. The fraction of sp³-hybridized carbons (Fsp3) is 0.0500. The van der Waals surface area contributed by atoms with E-state index in [1.807, 2.05) is 47.8 Å². The van der Waals surface area contributed by atoms with Gasteiger partial charge in [-0.3, -0.25) is 14.9 Å². The molecule has 0 bridgehead atoms. The second-order valence-corrected chi connectivity index (χ2v) is 8.44. The number of hydrogen-bond donors (Lipinski definition) is 3. The van der Waals surface area contributed by atoms with Crippen molar-refractivity contribution in [2.24, 2.45) is 0 Å². The molecule has 1 aliphatic rings. The van der Waals surface area contributed by atoms with Crippen LogP contribution < -0.4 is 16.4 Å². The molecule has 1 aliphatic heterocycles. The third-order valence-electron chi connectivity index (χ3n) is 4.51. The van der Waals surface area contributed by atoms with Gasteiger partial charge in [-0.25, -0.2) is 4.98 Å². The summed E-state index contributed by atoms with van der Waals surface area (Å²) in [5, 5.41) is 9.07. The number of amides is 2. The molecule has 2 aromatic heterocycles. The Kier molecular flexibility index (Phi) is 3.88. The first-order valence-electron chi connectivity index (χ1n) is 8.54. The molecule has 0 atom stereocenters. The molecular weight excluding hydrogens is 392 g/mol. The fourth-order valence-electron chi connectivity index (χ4n) is 3.18. The largest absolute Gasteiger partial charge is 0.399 e. The Bertz CT molecular complexity index is 1260. The summed E-state index contributed by atoms with van der Waals surface area (Å²) in [6, 6.07) is 13.2. The van der Waals surface area contributed by atoms with Crippen molar-refractivity contribution in [3.8, 4) is 11.3 Å². The quantitative estimate of drug-likeness (QED) is 0.441. The van der Waals surface area contributed by atoms with Crippen LogP contribution in [0.4, 0.5) is 16.5 Å². The molecule has 5 rings (SSSR count). The molecule has 4 aromatic rings. The van der Waals surface area contributed by atoms with Gasteiger partial charge >= 0.3 is 0 Å². The minimum absolute atomic E-state index is 0.00321. The molecule has 2 amide bonds. The van der Waals surface area contributed by atoms with Crippen LogP contribution in [0.2, 0.25) is 0 Å². The summed E-state index contributed by atoms with van der Waals surface area (Å²) in [5.41, 5.74) is 9.98. The molecule has 0 fully saturated rings. The zero-order valence-corrected chi connectivity index (χ0v) is 16.1. The number of nitrogens with one attached hydrogen (secondary N) is 2. The van der Waals surface area contributed by atoms with Gasteiger partial charge in [0.15, 0.2) is 5.13 Å². The van der Waals surface area contributed by atoms with Crippen LogP contribution in [0.3, 0.4) is 0 Å². The van der Waals surface area contributed by atoms with Crippen molar-refractivity contribution < 1.29 is 9.59 Å². The fourth-order valence-corrected chi connectivity index (χ4v) is 4.84. The lowest BCUT2D eigenvalue weighted by atomic mass is 10.1. The number of fused-ring (bicyclic) bond motifs is 2. The van der Waals surface area contributed by atoms with E-state index in [4.69, 9.17) is 5.73 Å². The first-order chi connectivity index (χ1) is 13.5. The van der Waals surface area contributed by atoms with Crippen LogP contribution in [-0.2, 0) is 11.2 Å². The lowest BCUT2D eigenvalue weighted by molar-refractivity contribution is -0.115. The summed E-state index contributed by atoms with van der Waals surface area (Å²) in [4.78, 5) is 29.2. The van der Waals surface area contributed by atoms with Crippen molar-refractivity contribution in [2.75, 3.05) is 16.4 Å². The van der Waals surface area contributed by atoms with E-state index in [0.717, 1.165) is 32.6 Å². The van der Waals surface area contributed by atoms with Crippen LogP contribution in [0.25, 0.3) is 21.3 Å². The number of carbonyl (C=O) groups excluding carboxylic acids is 2. The standard InChI is InChI=1S/C20H14N4O2S2/c21-13-2-4-16-12(6-13)7-17(28-16)19(26)24-20-23-15(9-27-20)10-1-3-14-11(5-10)8-18(25)22-14/h1-7,9H,8,21H2,(H,22,25)(H,23,24,26). The Balaban J connectivity index is 1.37. The zero-order chi connectivity index (χ0) is 19.3. The van der Waals surface area contributed by atoms with Gasteiger partial charge in [-0.1, -0.05) is 6.07 Å². The number of nitrogens with two attached hydrogens (primary N) is 1. The van der Waals surface area contributed by atoms with Crippen molar-refractivity contribution in [3.63, 3.8) is 0 Å². The highest BCUT2D eigenvalue weighted by Crippen LogP contribution is 2.32. The first-order valence-corrected chi connectivity index (χ1v) is 10.2. The predicted octanol–water partition coefficient (Wildman–Crippen LogP) is 4.35. The number of nitrogen functional groups attached to an aromatic ring is 1. The van der Waals surface area contributed by atoms with Crippen LogP contribution in [0.5, 0.6) is 0 Å². The molecule has 28 heavy (non-hydrogen) atoms. The van der Waals surface area contributed by atoms with Crippen LogP contribution in [0.15, 0.2) is 47.8 Å². The number of rotatable bonds is 3. The maximum Gasteiger partial charge on any atom is 0.267 e. The number of hydrogen-bond acceptors (Lipinski definition) is 6. The Hall–Kier alpha value is -3.23. The molecule has 0 aliphatic carbocycles. The van der Waals surface area contributed by atoms with Crippen molar-refractivity contribution >= 4 is 61.1 Å². The summed E-state index contributed by atoms with van der Waals surface area (Å²) in [6.07, 6.45) is 0.382. The highest BCUT2D eigenvalue weighted by atomic mass is 32.1. The summed E-state index contributed by atoms with van der Waals surface area (Å²) in [7, 11) is 0. The van der Waals surface area contributed by atoms with Crippen molar-refractivity contribution in [1.82, 2.24) is 4.98 Å². The van der Waals surface area contributed by atoms with Gasteiger partial charge in [0.05, 0.1) is 17.0 Å². The molecular formula is C20H14N4O2S2. The third-order valence-corrected chi connectivity index (χ3v) is 6.39. The molecule has 0 spiro atoms. The van der Waals surface area contributed by atoms with E-state index < -0.39 is 0 Å². The zero-order valence-electron chi connectivity index (χ0n) is 14.5. The average Bonchev–Trinajstić information content (AvgIpc) is 3.37. The molecule has 138 valence electrons. The lowest BCUT2D eigenvalue weighted by Crippen LogP contribution is -2.09. The monoisotopic (exact) mass is 406 g/mol. The van der Waals surface area contributed by atoms with Gasteiger partial charge in [0.1, 0.15) is 0 Å². The number of carbonyl (C=O) groups is 2. The van der Waals surface area contributed by atoms with Gasteiger partial charge in [0.25, 0.3) is 5.91 Å². The molecule has 6 nitrogen and oxygen atoms in total. The van der Waals surface area contributed by atoms with Gasteiger partial charge in [0, 0.05) is 27.0 Å². The van der Waals surface area contributed by atoms with Crippen molar-refractivity contribution in [3.05, 3.63) is 58.3 Å². The molecule has 2 aromatic carbocycles. The van der Waals surface area contributed by atoms with Crippen LogP contribution >= 0.6 is 22.7 Å². The van der Waals surface area contributed by atoms with Gasteiger partial charge < -0.3 is 11.1 Å². The summed E-state index contributed by atoms with van der Waals surface area (Å²) < 4.78 is 1.01. The van der Waals surface area contributed by atoms with Crippen molar-refractivity contribution in [1.29, 1.82) is 0 Å². The highest BCUT2D eigenvalue weighted by Gasteiger charge is 2.19. The van der Waals surface area contributed by atoms with E-state index in [9.17, 15) is 9.59 Å². The normalized spacial score (nSPS) is 12.8. The first kappa shape index (κ1) is 16.9. The number of benzene rings is 2. The van der Waals surface area contributed by atoms with E-state index in [1.54, 1.807) is 0 Å². The van der Waals surface area contributed by atoms with Crippen LogP contribution in [-0.4, -0.2) is 16.8 Å². The van der Waals surface area contributed by atoms with Gasteiger partial charge in [0.2, 0.25) is 5.91 Å². The Morgan fingerprint density at radius 2 is 2.07 bits per heavy atom. The SMILES string of the molecule is Nc1ccc2sc(C(=O)Nc3nc(-c4ccc5c(c4)CC(=O)N5)cs3)cc2c1. The van der Waals surface area contributed by atoms with Crippen LogP contribution in [0, 0.1) is 0 Å². The van der Waals surface area contributed by atoms with Gasteiger partial charge in [-0.05, 0) is 47.3 Å². The van der Waals surface area contributed by atoms with E-state index in [0.29, 0.717) is 22.1 Å². The number of aromatic nitrogens is 1. The average molecular weight is 406 g/mol. The minimum atomic E-state index is -0.190. The topological polar surface area (TPSA) is 97.1 Å². The Morgan fingerprint density at radius 1 is 1.18 bits per heavy atom. The third kappa shape index (κ3) is 3.02. The molecule has 0 unspecified atom stereocenters. The number of thiophene rings is 1. The number of anilines is 3. The molecule has 0 saturated heterocycles. The molecule has 4 N–H and O–H groups in total. The smallest absolute Gasteiger partial charge is 0.267 e. The maximum absolute atomic E-state index is 12.6. The summed E-state index contributed by atoms with van der Waals surface area (Å²) in [6.45, 7) is 0. The van der Waals surface area contributed by atoms with E-state index in [1.165, 1.54) is 22.7 Å². The molecule has 8 heteroatoms. The minimum Gasteiger partial charge on any atom is -0.399 e. The highest BCUT2D eigenvalue weighted by molar-refractivity contribution is 7.21. The maximum atomic E-state index is 12.6. The summed E-state index contributed by atoms with van der Waals surface area (Å²) in [5.74, 6) is -0.187. The lowest BCUT2D eigenvalue weighted by Gasteiger charge is -2.01. The number of nitrogens with zero attached hydrogens (tertiary/aromatic N) is 1. The molecule has 0 saturated carbocycles. The molecule has 0 radical (unpaired) electrons. The Labute approximate surface area is 168 Å². The summed E-state index contributed by atoms with van der Waals surface area (Å²) >= 11 is 2.79. The van der Waals surface area contributed by atoms with Gasteiger partial charge in [-0.15, -0.1) is 22.7 Å². The van der Waals surface area contributed by atoms with Gasteiger partial charge in [-0.2, -0.15) is 0 Å². The van der Waals surface area contributed by atoms with E-state index in [2.05, 4.69) is 15.6 Å². The Morgan fingerprint density at radius 3 is 2.96 bits per heavy atom. The van der Waals surface area contributed by atoms with E-state index >= 15 is 0 Å². The van der Waals surface area contributed by atoms with Crippen LogP contribution in [0.1, 0.15) is 15.2 Å². The predicted molar refractivity (Wildman–Crippen MR) is 114 cm³/mol. The van der Waals surface area contributed by atoms with Crippen molar-refractivity contribution in [2.45, 2.75) is 6.42 Å². The second-order valence-electron chi connectivity index (χ2n) is 6.50. The number of thiazole rings is 1. The molecule has 3 heterocycles. The van der Waals surface area contributed by atoms with E-state index in [-0.39, 0.29) is 11.8 Å².